The Bertz CT molecular complexity index is 420. The van der Waals surface area contributed by atoms with Crippen LogP contribution in [0.3, 0.4) is 0 Å². The van der Waals surface area contributed by atoms with Crippen molar-refractivity contribution in [2.24, 2.45) is 0 Å². The summed E-state index contributed by atoms with van der Waals surface area (Å²) in [6, 6.07) is 9.55. The molecule has 0 radical (unpaired) electrons. The molecular weight excluding hydrogens is 184 g/mol. The largest absolute Gasteiger partial charge is 0.385 e. The molecule has 2 aromatic rings. The predicted octanol–water partition coefficient (Wildman–Crippen LogP) is 2.92. The molecule has 1 heterocycles. The summed E-state index contributed by atoms with van der Waals surface area (Å²) in [5.74, 6) is 0.646. The smallest absolute Gasteiger partial charge is 0.108 e. The molecule has 2 nitrogen and oxygen atoms in total. The molecule has 0 aliphatic heterocycles. The second-order valence-corrected chi connectivity index (χ2v) is 3.19. The van der Waals surface area contributed by atoms with Gasteiger partial charge in [-0.1, -0.05) is 29.8 Å². The number of benzene rings is 1. The molecule has 0 aliphatic rings. The van der Waals surface area contributed by atoms with Gasteiger partial charge in [-0.3, -0.25) is 0 Å². The first-order valence-electron chi connectivity index (χ1n) is 3.97. The average molecular weight is 193 g/mol. The zero-order valence-corrected chi connectivity index (χ0v) is 7.68. The number of nitrogens with one attached hydrogen (secondary N) is 1. The Morgan fingerprint density at radius 3 is 2.46 bits per heavy atom. The lowest BCUT2D eigenvalue weighted by Crippen LogP contribution is -1.87. The molecule has 0 bridgehead atoms. The van der Waals surface area contributed by atoms with Gasteiger partial charge in [0.15, 0.2) is 0 Å². The van der Waals surface area contributed by atoms with E-state index in [2.05, 4.69) is 4.98 Å². The molecule has 13 heavy (non-hydrogen) atoms. The van der Waals surface area contributed by atoms with Crippen molar-refractivity contribution < 1.29 is 0 Å². The van der Waals surface area contributed by atoms with E-state index < -0.39 is 0 Å². The maximum atomic E-state index is 6.02. The number of hydrogen-bond donors (Lipinski definition) is 2. The van der Waals surface area contributed by atoms with Crippen LogP contribution >= 0.6 is 11.6 Å². The summed E-state index contributed by atoms with van der Waals surface area (Å²) >= 11 is 6.02. The molecule has 0 amide bonds. The summed E-state index contributed by atoms with van der Waals surface area (Å²) in [5, 5.41) is 0.716. The fraction of sp³-hybridized carbons (Fsp3) is 0. The number of hydrogen-bond acceptors (Lipinski definition) is 1. The summed E-state index contributed by atoms with van der Waals surface area (Å²) in [6.07, 6.45) is 1.80. The normalized spacial score (nSPS) is 10.2. The van der Waals surface area contributed by atoms with Crippen LogP contribution in [0.2, 0.25) is 5.02 Å². The second-order valence-electron chi connectivity index (χ2n) is 2.78. The lowest BCUT2D eigenvalue weighted by atomic mass is 10.1. The molecule has 0 spiro atoms. The molecular formula is C10H9ClN2. The van der Waals surface area contributed by atoms with Gasteiger partial charge in [0, 0.05) is 22.3 Å². The molecule has 3 heteroatoms. The fourth-order valence-corrected chi connectivity index (χ4v) is 1.53. The van der Waals surface area contributed by atoms with E-state index in [1.807, 2.05) is 30.3 Å². The Morgan fingerprint density at radius 1 is 1.08 bits per heavy atom. The minimum Gasteiger partial charge on any atom is -0.385 e. The highest BCUT2D eigenvalue weighted by Crippen LogP contribution is 2.30. The molecule has 3 N–H and O–H groups in total. The first-order chi connectivity index (χ1) is 6.29. The lowest BCUT2D eigenvalue weighted by Gasteiger charge is -2.01. The number of nitrogens with two attached hydrogens (primary N) is 1. The fourth-order valence-electron chi connectivity index (χ4n) is 1.30. The highest BCUT2D eigenvalue weighted by Gasteiger charge is 2.05. The zero-order chi connectivity index (χ0) is 9.26. The van der Waals surface area contributed by atoms with Crippen LogP contribution < -0.4 is 5.73 Å². The van der Waals surface area contributed by atoms with Crippen LogP contribution in [0.1, 0.15) is 0 Å². The van der Waals surface area contributed by atoms with Gasteiger partial charge >= 0.3 is 0 Å². The standard InChI is InChI=1S/C10H9ClN2/c11-9-4-2-1-3-7(9)8-5-6-13-10(8)12/h1-6,13H,12H2. The van der Waals surface area contributed by atoms with E-state index in [1.165, 1.54) is 0 Å². The van der Waals surface area contributed by atoms with E-state index >= 15 is 0 Å². The van der Waals surface area contributed by atoms with Crippen molar-refractivity contribution >= 4 is 17.4 Å². The van der Waals surface area contributed by atoms with E-state index in [4.69, 9.17) is 17.3 Å². The number of aromatic amines is 1. The molecule has 0 saturated carbocycles. The summed E-state index contributed by atoms with van der Waals surface area (Å²) in [7, 11) is 0. The number of aromatic nitrogens is 1. The SMILES string of the molecule is Nc1[nH]ccc1-c1ccccc1Cl. The van der Waals surface area contributed by atoms with Crippen LogP contribution in [0.25, 0.3) is 11.1 Å². The molecule has 0 aliphatic carbocycles. The van der Waals surface area contributed by atoms with Crippen molar-refractivity contribution in [3.63, 3.8) is 0 Å². The van der Waals surface area contributed by atoms with Crippen LogP contribution in [0, 0.1) is 0 Å². The third-order valence-electron chi connectivity index (χ3n) is 1.94. The lowest BCUT2D eigenvalue weighted by molar-refractivity contribution is 1.42. The molecule has 0 fully saturated rings. The van der Waals surface area contributed by atoms with Gasteiger partial charge in [-0.2, -0.15) is 0 Å². The van der Waals surface area contributed by atoms with E-state index in [0.717, 1.165) is 11.1 Å². The number of nitrogen functional groups attached to an aromatic ring is 1. The molecule has 0 saturated heterocycles. The second kappa shape index (κ2) is 3.15. The van der Waals surface area contributed by atoms with E-state index in [9.17, 15) is 0 Å². The summed E-state index contributed by atoms with van der Waals surface area (Å²) in [4.78, 5) is 2.91. The van der Waals surface area contributed by atoms with Crippen LogP contribution in [0.5, 0.6) is 0 Å². The zero-order valence-electron chi connectivity index (χ0n) is 6.92. The van der Waals surface area contributed by atoms with Gasteiger partial charge in [-0.05, 0) is 12.1 Å². The molecule has 66 valence electrons. The first-order valence-corrected chi connectivity index (χ1v) is 4.34. The van der Waals surface area contributed by atoms with Gasteiger partial charge in [0.1, 0.15) is 5.82 Å². The van der Waals surface area contributed by atoms with E-state index in [0.29, 0.717) is 10.8 Å². The molecule has 1 aromatic heterocycles. The topological polar surface area (TPSA) is 41.8 Å². The van der Waals surface area contributed by atoms with Crippen molar-refractivity contribution in [2.45, 2.75) is 0 Å². The maximum absolute atomic E-state index is 6.02. The summed E-state index contributed by atoms with van der Waals surface area (Å²) < 4.78 is 0. The van der Waals surface area contributed by atoms with Gasteiger partial charge < -0.3 is 10.7 Å². The van der Waals surface area contributed by atoms with E-state index in [-0.39, 0.29) is 0 Å². The van der Waals surface area contributed by atoms with E-state index in [1.54, 1.807) is 6.20 Å². The number of halogens is 1. The van der Waals surface area contributed by atoms with Crippen molar-refractivity contribution in [3.8, 4) is 11.1 Å². The third kappa shape index (κ3) is 1.40. The highest BCUT2D eigenvalue weighted by atomic mass is 35.5. The van der Waals surface area contributed by atoms with Gasteiger partial charge in [-0.15, -0.1) is 0 Å². The van der Waals surface area contributed by atoms with Crippen molar-refractivity contribution in [1.29, 1.82) is 0 Å². The van der Waals surface area contributed by atoms with Crippen molar-refractivity contribution in [1.82, 2.24) is 4.98 Å². The van der Waals surface area contributed by atoms with Gasteiger partial charge in [0.25, 0.3) is 0 Å². The third-order valence-corrected chi connectivity index (χ3v) is 2.27. The van der Waals surface area contributed by atoms with Crippen LogP contribution in [-0.4, -0.2) is 4.98 Å². The molecule has 2 rings (SSSR count). The Kier molecular flexibility index (Phi) is 1.99. The van der Waals surface area contributed by atoms with Gasteiger partial charge in [0.2, 0.25) is 0 Å². The average Bonchev–Trinajstić information content (AvgIpc) is 2.52. The van der Waals surface area contributed by atoms with Crippen LogP contribution in [-0.2, 0) is 0 Å². The maximum Gasteiger partial charge on any atom is 0.108 e. The van der Waals surface area contributed by atoms with Gasteiger partial charge in [0.05, 0.1) is 0 Å². The number of anilines is 1. The Hall–Kier alpha value is -1.41. The molecule has 1 aromatic carbocycles. The minimum atomic E-state index is 0.646. The highest BCUT2D eigenvalue weighted by molar-refractivity contribution is 6.33. The first kappa shape index (κ1) is 8.20. The van der Waals surface area contributed by atoms with Gasteiger partial charge in [-0.25, -0.2) is 0 Å². The predicted molar refractivity (Wildman–Crippen MR) is 55.7 cm³/mol. The Labute approximate surface area is 81.3 Å². The number of H-pyrrole nitrogens is 1. The summed E-state index contributed by atoms with van der Waals surface area (Å²) in [5.41, 5.74) is 7.64. The quantitative estimate of drug-likeness (QED) is 0.717. The van der Waals surface area contributed by atoms with Crippen LogP contribution in [0.4, 0.5) is 5.82 Å². The Balaban J connectivity index is 2.59. The number of rotatable bonds is 1. The Morgan fingerprint density at radius 2 is 1.85 bits per heavy atom. The minimum absolute atomic E-state index is 0.646. The van der Waals surface area contributed by atoms with Crippen LogP contribution in [0.15, 0.2) is 36.5 Å². The summed E-state index contributed by atoms with van der Waals surface area (Å²) in [6.45, 7) is 0. The van der Waals surface area contributed by atoms with Crippen molar-refractivity contribution in [2.75, 3.05) is 5.73 Å². The van der Waals surface area contributed by atoms with Crippen molar-refractivity contribution in [3.05, 3.63) is 41.6 Å². The monoisotopic (exact) mass is 192 g/mol. The molecule has 0 unspecified atom stereocenters. The molecule has 0 atom stereocenters.